The van der Waals surface area contributed by atoms with Crippen LogP contribution < -0.4 is 10.1 Å². The normalized spacial score (nSPS) is 20.4. The van der Waals surface area contributed by atoms with Crippen molar-refractivity contribution < 1.29 is 9.47 Å². The summed E-state index contributed by atoms with van der Waals surface area (Å²) in [6, 6.07) is 8.12. The monoisotopic (exact) mass is 235 g/mol. The number of ether oxygens (including phenoxy) is 2. The molecule has 3 rings (SSSR count). The Hall–Kier alpha value is -1.22. The van der Waals surface area contributed by atoms with Gasteiger partial charge in [0.2, 0.25) is 0 Å². The molecule has 1 spiro atoms. The maximum absolute atomic E-state index is 6.12. The van der Waals surface area contributed by atoms with Gasteiger partial charge in [0, 0.05) is 12.8 Å². The average Bonchev–Trinajstić information content (AvgIpc) is 2.42. The lowest BCUT2D eigenvalue weighted by Crippen LogP contribution is -2.49. The number of hydrogen-bond acceptors (Lipinski definition) is 3. The van der Waals surface area contributed by atoms with Gasteiger partial charge in [0.25, 0.3) is 0 Å². The first-order valence-electron chi connectivity index (χ1n) is 6.48. The molecule has 3 nitrogen and oxygen atoms in total. The van der Waals surface area contributed by atoms with Gasteiger partial charge in [-0.2, -0.15) is 0 Å². The second kappa shape index (κ2) is 5.41. The molecular weight excluding hydrogens is 214 g/mol. The highest BCUT2D eigenvalue weighted by Crippen LogP contribution is 2.36. The van der Waals surface area contributed by atoms with Gasteiger partial charge in [-0.15, -0.1) is 0 Å². The van der Waals surface area contributed by atoms with Crippen LogP contribution in [0.3, 0.4) is 0 Å². The molecule has 0 unspecified atom stereocenters. The molecule has 0 atom stereocenters. The second-order valence-corrected chi connectivity index (χ2v) is 4.25. The van der Waals surface area contributed by atoms with Crippen molar-refractivity contribution in [1.29, 1.82) is 0 Å². The van der Waals surface area contributed by atoms with Gasteiger partial charge >= 0.3 is 0 Å². The Morgan fingerprint density at radius 3 is 2.59 bits per heavy atom. The lowest BCUT2D eigenvalue weighted by molar-refractivity contribution is -0.0408. The van der Waals surface area contributed by atoms with E-state index in [2.05, 4.69) is 11.4 Å². The van der Waals surface area contributed by atoms with E-state index in [4.69, 9.17) is 9.47 Å². The van der Waals surface area contributed by atoms with E-state index in [1.165, 1.54) is 0 Å². The first-order valence-corrected chi connectivity index (χ1v) is 6.48. The lowest BCUT2D eigenvalue weighted by Gasteiger charge is -2.41. The largest absolute Gasteiger partial charge is 0.483 e. The highest BCUT2D eigenvalue weighted by atomic mass is 16.5. The van der Waals surface area contributed by atoms with Gasteiger partial charge in [0.15, 0.2) is 0 Å². The summed E-state index contributed by atoms with van der Waals surface area (Å²) in [7, 11) is 0. The number of benzene rings is 1. The third-order valence-electron chi connectivity index (χ3n) is 3.22. The maximum Gasteiger partial charge on any atom is 0.143 e. The zero-order valence-electron chi connectivity index (χ0n) is 10.7. The Kier molecular flexibility index (Phi) is 3.89. The third kappa shape index (κ3) is 2.55. The molecule has 0 bridgehead atoms. The molecule has 1 saturated heterocycles. The molecule has 2 aliphatic rings. The van der Waals surface area contributed by atoms with Gasteiger partial charge in [-0.3, -0.25) is 0 Å². The van der Waals surface area contributed by atoms with Crippen molar-refractivity contribution in [3.05, 3.63) is 24.3 Å². The summed E-state index contributed by atoms with van der Waals surface area (Å²) in [5.41, 5.74) is 1.07. The predicted octanol–water partition coefficient (Wildman–Crippen LogP) is 3.07. The summed E-state index contributed by atoms with van der Waals surface area (Å²) in [6.45, 7) is 6.51. The maximum atomic E-state index is 6.12. The third-order valence-corrected chi connectivity index (χ3v) is 3.22. The Labute approximate surface area is 103 Å². The fourth-order valence-corrected chi connectivity index (χ4v) is 2.25. The first kappa shape index (κ1) is 12.2. The van der Waals surface area contributed by atoms with Gasteiger partial charge < -0.3 is 14.8 Å². The minimum absolute atomic E-state index is 0.0351. The molecule has 17 heavy (non-hydrogen) atoms. The molecule has 0 aliphatic carbocycles. The van der Waals surface area contributed by atoms with Crippen molar-refractivity contribution in [1.82, 2.24) is 0 Å². The zero-order chi connectivity index (χ0) is 12.1. The number of para-hydroxylation sites is 2. The van der Waals surface area contributed by atoms with E-state index in [0.29, 0.717) is 0 Å². The molecule has 2 aliphatic heterocycles. The fraction of sp³-hybridized carbons (Fsp3) is 0.571. The second-order valence-electron chi connectivity index (χ2n) is 4.25. The number of hydrogen-bond donors (Lipinski definition) is 1. The minimum Gasteiger partial charge on any atom is -0.483 e. The van der Waals surface area contributed by atoms with Crippen LogP contribution in [0.2, 0.25) is 0 Å². The summed E-state index contributed by atoms with van der Waals surface area (Å²) in [6.07, 6.45) is 1.96. The van der Waals surface area contributed by atoms with Crippen LogP contribution in [0, 0.1) is 0 Å². The van der Waals surface area contributed by atoms with Gasteiger partial charge in [0.1, 0.15) is 11.4 Å². The topological polar surface area (TPSA) is 30.5 Å². The molecule has 2 heterocycles. The van der Waals surface area contributed by atoms with E-state index in [9.17, 15) is 0 Å². The molecule has 3 heteroatoms. The first-order chi connectivity index (χ1) is 8.38. The van der Waals surface area contributed by atoms with Crippen molar-refractivity contribution in [3.8, 4) is 5.75 Å². The molecule has 1 aromatic carbocycles. The van der Waals surface area contributed by atoms with Crippen molar-refractivity contribution in [3.63, 3.8) is 0 Å². The van der Waals surface area contributed by atoms with E-state index in [1.807, 2.05) is 32.0 Å². The molecule has 0 saturated carbocycles. The van der Waals surface area contributed by atoms with Gasteiger partial charge in [-0.1, -0.05) is 26.0 Å². The van der Waals surface area contributed by atoms with Crippen LogP contribution in [0.4, 0.5) is 5.69 Å². The van der Waals surface area contributed by atoms with Crippen molar-refractivity contribution in [2.75, 3.05) is 25.1 Å². The highest BCUT2D eigenvalue weighted by Gasteiger charge is 2.37. The van der Waals surface area contributed by atoms with E-state index >= 15 is 0 Å². The molecule has 1 aromatic rings. The van der Waals surface area contributed by atoms with E-state index in [1.54, 1.807) is 0 Å². The summed E-state index contributed by atoms with van der Waals surface area (Å²) < 4.78 is 11.5. The summed E-state index contributed by atoms with van der Waals surface area (Å²) in [5, 5.41) is 3.44. The van der Waals surface area contributed by atoms with Crippen LogP contribution in [0.5, 0.6) is 5.75 Å². The van der Waals surface area contributed by atoms with Crippen LogP contribution in [-0.4, -0.2) is 25.4 Å². The molecular formula is C14H21NO2. The van der Waals surface area contributed by atoms with Crippen LogP contribution in [-0.2, 0) is 4.74 Å². The number of nitrogens with one attached hydrogen (secondary N) is 1. The van der Waals surface area contributed by atoms with Crippen LogP contribution in [0.1, 0.15) is 26.7 Å². The molecule has 1 fully saturated rings. The Morgan fingerprint density at radius 1 is 1.12 bits per heavy atom. The number of fused-ring (bicyclic) bond motifs is 1. The highest BCUT2D eigenvalue weighted by molar-refractivity contribution is 5.58. The summed E-state index contributed by atoms with van der Waals surface area (Å²) >= 11 is 0. The van der Waals surface area contributed by atoms with E-state index < -0.39 is 0 Å². The van der Waals surface area contributed by atoms with Crippen molar-refractivity contribution in [2.45, 2.75) is 32.3 Å². The zero-order valence-corrected chi connectivity index (χ0v) is 10.7. The predicted molar refractivity (Wildman–Crippen MR) is 69.7 cm³/mol. The Morgan fingerprint density at radius 2 is 1.82 bits per heavy atom. The SMILES string of the molecule is CC.c1ccc2c(c1)NCC1(CCOCC1)O2. The Balaban J connectivity index is 0.000000514. The smallest absolute Gasteiger partial charge is 0.143 e. The molecule has 0 aromatic heterocycles. The van der Waals surface area contributed by atoms with E-state index in [-0.39, 0.29) is 5.60 Å². The van der Waals surface area contributed by atoms with Gasteiger partial charge in [-0.05, 0) is 12.1 Å². The summed E-state index contributed by atoms with van der Waals surface area (Å²) in [5.74, 6) is 0.977. The quantitative estimate of drug-likeness (QED) is 0.749. The number of anilines is 1. The molecule has 1 N–H and O–H groups in total. The van der Waals surface area contributed by atoms with Crippen molar-refractivity contribution >= 4 is 5.69 Å². The van der Waals surface area contributed by atoms with Crippen LogP contribution in [0.25, 0.3) is 0 Å². The van der Waals surface area contributed by atoms with Gasteiger partial charge in [0.05, 0.1) is 25.4 Å². The van der Waals surface area contributed by atoms with Crippen molar-refractivity contribution in [2.24, 2.45) is 0 Å². The van der Waals surface area contributed by atoms with E-state index in [0.717, 1.165) is 44.0 Å². The molecule has 0 amide bonds. The fourth-order valence-electron chi connectivity index (χ4n) is 2.25. The van der Waals surface area contributed by atoms with Crippen LogP contribution in [0.15, 0.2) is 24.3 Å². The lowest BCUT2D eigenvalue weighted by atomic mass is 9.92. The standard InChI is InChI=1S/C12H15NO2.C2H6/c1-2-4-11-10(3-1)13-9-12(15-11)5-7-14-8-6-12;1-2/h1-4,13H,5-9H2;1-2H3. The molecule has 0 radical (unpaired) electrons. The average molecular weight is 235 g/mol. The number of rotatable bonds is 0. The Bertz CT molecular complexity index is 359. The van der Waals surface area contributed by atoms with Crippen LogP contribution >= 0.6 is 0 Å². The molecule has 94 valence electrons. The summed E-state index contributed by atoms with van der Waals surface area (Å²) in [4.78, 5) is 0. The van der Waals surface area contributed by atoms with Gasteiger partial charge in [-0.25, -0.2) is 0 Å². The minimum atomic E-state index is -0.0351.